The van der Waals surface area contributed by atoms with E-state index in [2.05, 4.69) is 5.10 Å². The zero-order chi connectivity index (χ0) is 16.4. The fourth-order valence-corrected chi connectivity index (χ4v) is 3.32. The molecule has 1 aromatic carbocycles. The molecule has 2 heterocycles. The first kappa shape index (κ1) is 15.4. The van der Waals surface area contributed by atoms with E-state index in [0.717, 1.165) is 16.0 Å². The number of halogens is 1. The van der Waals surface area contributed by atoms with Crippen LogP contribution < -0.4 is 0 Å². The molecule has 0 saturated carbocycles. The van der Waals surface area contributed by atoms with Crippen molar-refractivity contribution >= 4 is 17.2 Å². The molecule has 0 saturated heterocycles. The number of aryl methyl sites for hydroxylation is 1. The molecule has 0 N–H and O–H groups in total. The number of nitrogens with zero attached hydrogens (tertiary/aromatic N) is 3. The van der Waals surface area contributed by atoms with Crippen molar-refractivity contribution in [2.75, 3.05) is 7.05 Å². The summed E-state index contributed by atoms with van der Waals surface area (Å²) in [4.78, 5) is 15.8. The van der Waals surface area contributed by atoms with E-state index in [1.165, 1.54) is 23.5 Å². The maximum atomic E-state index is 13.0. The average Bonchev–Trinajstić information content (AvgIpc) is 3.16. The third-order valence-corrected chi connectivity index (χ3v) is 4.59. The minimum atomic E-state index is -0.266. The molecular formula is C17H16FN3OS. The van der Waals surface area contributed by atoms with Gasteiger partial charge >= 0.3 is 0 Å². The first-order valence-electron chi connectivity index (χ1n) is 7.11. The van der Waals surface area contributed by atoms with Crippen LogP contribution in [-0.4, -0.2) is 27.6 Å². The van der Waals surface area contributed by atoms with Crippen LogP contribution in [0, 0.1) is 5.82 Å². The van der Waals surface area contributed by atoms with Gasteiger partial charge in [0.1, 0.15) is 5.82 Å². The first-order chi connectivity index (χ1) is 11.0. The second-order valence-corrected chi connectivity index (χ2v) is 6.44. The van der Waals surface area contributed by atoms with Crippen molar-refractivity contribution < 1.29 is 9.18 Å². The Kier molecular flexibility index (Phi) is 4.25. The number of amides is 1. The van der Waals surface area contributed by atoms with Crippen LogP contribution in [0.15, 0.2) is 48.8 Å². The SMILES string of the molecule is CN(Cc1cnn(C)c1)C(=O)c1ccc(-c2ccc(F)cc2)s1. The monoisotopic (exact) mass is 329 g/mol. The van der Waals surface area contributed by atoms with Crippen molar-refractivity contribution in [1.29, 1.82) is 0 Å². The lowest BCUT2D eigenvalue weighted by Crippen LogP contribution is -2.25. The van der Waals surface area contributed by atoms with Gasteiger partial charge in [-0.05, 0) is 29.8 Å². The summed E-state index contributed by atoms with van der Waals surface area (Å²) in [5.74, 6) is -0.301. The van der Waals surface area contributed by atoms with Crippen LogP contribution in [0.1, 0.15) is 15.2 Å². The van der Waals surface area contributed by atoms with E-state index in [0.29, 0.717) is 11.4 Å². The van der Waals surface area contributed by atoms with Gasteiger partial charge in [0, 0.05) is 37.3 Å². The van der Waals surface area contributed by atoms with Crippen LogP contribution in [-0.2, 0) is 13.6 Å². The largest absolute Gasteiger partial charge is 0.337 e. The van der Waals surface area contributed by atoms with Gasteiger partial charge in [0.05, 0.1) is 11.1 Å². The van der Waals surface area contributed by atoms with Crippen LogP contribution in [0.25, 0.3) is 10.4 Å². The second kappa shape index (κ2) is 6.34. The molecule has 0 bridgehead atoms. The Bertz CT molecular complexity index is 822. The third-order valence-electron chi connectivity index (χ3n) is 3.47. The topological polar surface area (TPSA) is 38.1 Å². The van der Waals surface area contributed by atoms with E-state index < -0.39 is 0 Å². The highest BCUT2D eigenvalue weighted by Crippen LogP contribution is 2.29. The van der Waals surface area contributed by atoms with Crippen molar-refractivity contribution in [1.82, 2.24) is 14.7 Å². The molecule has 0 aliphatic rings. The van der Waals surface area contributed by atoms with Crippen LogP contribution in [0.4, 0.5) is 4.39 Å². The molecule has 3 aromatic rings. The Morgan fingerprint density at radius 2 is 2.00 bits per heavy atom. The molecule has 4 nitrogen and oxygen atoms in total. The summed E-state index contributed by atoms with van der Waals surface area (Å²) in [5, 5.41) is 4.10. The molecule has 3 rings (SSSR count). The number of hydrogen-bond donors (Lipinski definition) is 0. The normalized spacial score (nSPS) is 10.7. The van der Waals surface area contributed by atoms with E-state index in [-0.39, 0.29) is 11.7 Å². The molecule has 23 heavy (non-hydrogen) atoms. The Morgan fingerprint density at radius 1 is 1.26 bits per heavy atom. The Balaban J connectivity index is 1.74. The number of thiophene rings is 1. The minimum absolute atomic E-state index is 0.0350. The van der Waals surface area contributed by atoms with Gasteiger partial charge in [-0.25, -0.2) is 4.39 Å². The number of rotatable bonds is 4. The standard InChI is InChI=1S/C17H16FN3OS/c1-20(10-12-9-19-21(2)11-12)17(22)16-8-7-15(23-16)13-3-5-14(18)6-4-13/h3-9,11H,10H2,1-2H3. The van der Waals surface area contributed by atoms with E-state index >= 15 is 0 Å². The van der Waals surface area contributed by atoms with Gasteiger partial charge in [-0.2, -0.15) is 5.10 Å². The second-order valence-electron chi connectivity index (χ2n) is 5.35. The van der Waals surface area contributed by atoms with Gasteiger partial charge in [-0.15, -0.1) is 11.3 Å². The fourth-order valence-electron chi connectivity index (χ4n) is 2.31. The van der Waals surface area contributed by atoms with Crippen LogP contribution >= 0.6 is 11.3 Å². The highest BCUT2D eigenvalue weighted by molar-refractivity contribution is 7.17. The summed E-state index contributed by atoms with van der Waals surface area (Å²) in [6.07, 6.45) is 3.64. The van der Waals surface area contributed by atoms with Crippen molar-refractivity contribution in [3.8, 4) is 10.4 Å². The predicted molar refractivity (Wildman–Crippen MR) is 88.7 cm³/mol. The summed E-state index contributed by atoms with van der Waals surface area (Å²) in [5.41, 5.74) is 1.89. The molecule has 2 aromatic heterocycles. The van der Waals surface area contributed by atoms with E-state index in [1.54, 1.807) is 35.0 Å². The first-order valence-corrected chi connectivity index (χ1v) is 7.93. The lowest BCUT2D eigenvalue weighted by atomic mass is 10.2. The summed E-state index contributed by atoms with van der Waals surface area (Å²) in [7, 11) is 3.62. The van der Waals surface area contributed by atoms with Crippen molar-refractivity contribution in [2.45, 2.75) is 6.54 Å². The van der Waals surface area contributed by atoms with Crippen molar-refractivity contribution in [3.63, 3.8) is 0 Å². The number of aromatic nitrogens is 2. The summed E-state index contributed by atoms with van der Waals surface area (Å²) in [6, 6.07) is 9.98. The maximum Gasteiger partial charge on any atom is 0.263 e. The van der Waals surface area contributed by atoms with Gasteiger partial charge in [0.25, 0.3) is 5.91 Å². The molecule has 1 amide bonds. The van der Waals surface area contributed by atoms with Gasteiger partial charge in [-0.3, -0.25) is 9.48 Å². The molecule has 0 spiro atoms. The molecule has 0 radical (unpaired) electrons. The lowest BCUT2D eigenvalue weighted by Gasteiger charge is -2.14. The number of carbonyl (C=O) groups is 1. The van der Waals surface area contributed by atoms with Crippen LogP contribution in [0.5, 0.6) is 0 Å². The van der Waals surface area contributed by atoms with E-state index in [9.17, 15) is 9.18 Å². The number of hydrogen-bond acceptors (Lipinski definition) is 3. The Hall–Kier alpha value is -2.47. The molecule has 118 valence electrons. The molecule has 0 atom stereocenters. The quantitative estimate of drug-likeness (QED) is 0.734. The van der Waals surface area contributed by atoms with Crippen molar-refractivity contribution in [2.24, 2.45) is 7.05 Å². The summed E-state index contributed by atoms with van der Waals surface area (Å²) in [6.45, 7) is 0.510. The Labute approximate surface area is 137 Å². The third kappa shape index (κ3) is 3.48. The lowest BCUT2D eigenvalue weighted by molar-refractivity contribution is 0.0790. The molecular weight excluding hydrogens is 313 g/mol. The summed E-state index contributed by atoms with van der Waals surface area (Å²) >= 11 is 1.41. The van der Waals surface area contributed by atoms with Gasteiger partial charge in [-0.1, -0.05) is 12.1 Å². The smallest absolute Gasteiger partial charge is 0.263 e. The molecule has 6 heteroatoms. The molecule has 0 aliphatic carbocycles. The van der Waals surface area contributed by atoms with Crippen LogP contribution in [0.2, 0.25) is 0 Å². The zero-order valence-corrected chi connectivity index (χ0v) is 13.7. The number of carbonyl (C=O) groups excluding carboxylic acids is 1. The van der Waals surface area contributed by atoms with Crippen molar-refractivity contribution in [3.05, 3.63) is 65.0 Å². The number of benzene rings is 1. The van der Waals surface area contributed by atoms with Gasteiger partial charge < -0.3 is 4.90 Å². The molecule has 0 aliphatic heterocycles. The minimum Gasteiger partial charge on any atom is -0.337 e. The highest BCUT2D eigenvalue weighted by Gasteiger charge is 2.15. The summed E-state index contributed by atoms with van der Waals surface area (Å²) < 4.78 is 14.7. The maximum absolute atomic E-state index is 13.0. The average molecular weight is 329 g/mol. The zero-order valence-electron chi connectivity index (χ0n) is 12.9. The highest BCUT2D eigenvalue weighted by atomic mass is 32.1. The molecule has 0 fully saturated rings. The Morgan fingerprint density at radius 3 is 2.65 bits per heavy atom. The van der Waals surface area contributed by atoms with Gasteiger partial charge in [0.15, 0.2) is 0 Å². The molecule has 0 unspecified atom stereocenters. The van der Waals surface area contributed by atoms with Crippen LogP contribution in [0.3, 0.4) is 0 Å². The van der Waals surface area contributed by atoms with E-state index in [1.807, 2.05) is 25.4 Å². The van der Waals surface area contributed by atoms with E-state index in [4.69, 9.17) is 0 Å². The fraction of sp³-hybridized carbons (Fsp3) is 0.176. The predicted octanol–water partition coefficient (Wildman–Crippen LogP) is 3.56. The van der Waals surface area contributed by atoms with Gasteiger partial charge in [0.2, 0.25) is 0 Å².